The molecule has 16 heavy (non-hydrogen) atoms. The summed E-state index contributed by atoms with van der Waals surface area (Å²) in [5.41, 5.74) is 0. The second kappa shape index (κ2) is 5.66. The molecule has 0 radical (unpaired) electrons. The molecule has 4 nitrogen and oxygen atoms in total. The van der Waals surface area contributed by atoms with Crippen LogP contribution in [0.1, 0.15) is 19.3 Å². The molecule has 0 aromatic carbocycles. The van der Waals surface area contributed by atoms with Crippen LogP contribution >= 0.6 is 23.2 Å². The lowest BCUT2D eigenvalue weighted by Gasteiger charge is -2.23. The average molecular weight is 261 g/mol. The third kappa shape index (κ3) is 3.20. The predicted octanol–water partition coefficient (Wildman–Crippen LogP) is 2.34. The van der Waals surface area contributed by atoms with Crippen molar-refractivity contribution in [3.63, 3.8) is 0 Å². The maximum absolute atomic E-state index is 5.95. The maximum atomic E-state index is 5.95. The molecule has 1 aromatic heterocycles. The molecule has 1 fully saturated rings. The second-order valence-electron chi connectivity index (χ2n) is 3.86. The predicted molar refractivity (Wildman–Crippen MR) is 66.2 cm³/mol. The van der Waals surface area contributed by atoms with Gasteiger partial charge in [-0.2, -0.15) is 4.98 Å². The van der Waals surface area contributed by atoms with E-state index in [1.54, 1.807) is 0 Å². The molecule has 88 valence electrons. The summed E-state index contributed by atoms with van der Waals surface area (Å²) in [4.78, 5) is 7.84. The number of hydrogen-bond donors (Lipinski definition) is 2. The fourth-order valence-electron chi connectivity index (χ4n) is 1.79. The van der Waals surface area contributed by atoms with Gasteiger partial charge in [0, 0.05) is 12.6 Å². The van der Waals surface area contributed by atoms with Crippen molar-refractivity contribution < 1.29 is 0 Å². The lowest BCUT2D eigenvalue weighted by molar-refractivity contribution is 0.414. The largest absolute Gasteiger partial charge is 0.367 e. The molecule has 2 rings (SSSR count). The number of nitrogens with zero attached hydrogens (tertiary/aromatic N) is 2. The van der Waals surface area contributed by atoms with E-state index in [-0.39, 0.29) is 5.28 Å². The fourth-order valence-corrected chi connectivity index (χ4v) is 2.08. The lowest BCUT2D eigenvalue weighted by atomic mass is 10.1. The molecule has 6 heteroatoms. The topological polar surface area (TPSA) is 49.8 Å². The minimum absolute atomic E-state index is 0.212. The van der Waals surface area contributed by atoms with Crippen molar-refractivity contribution in [2.45, 2.75) is 25.3 Å². The first-order chi connectivity index (χ1) is 7.75. The lowest BCUT2D eigenvalue weighted by Crippen LogP contribution is -2.39. The molecule has 1 aliphatic heterocycles. The van der Waals surface area contributed by atoms with E-state index in [2.05, 4.69) is 20.6 Å². The SMILES string of the molecule is Clc1ncc(Cl)c(NCC2CCCCN2)n1. The van der Waals surface area contributed by atoms with Crippen LogP contribution in [0.15, 0.2) is 6.20 Å². The average Bonchev–Trinajstić information content (AvgIpc) is 2.32. The van der Waals surface area contributed by atoms with Crippen LogP contribution in [-0.4, -0.2) is 29.1 Å². The van der Waals surface area contributed by atoms with Gasteiger partial charge in [-0.15, -0.1) is 0 Å². The minimum Gasteiger partial charge on any atom is -0.367 e. The van der Waals surface area contributed by atoms with Gasteiger partial charge in [0.15, 0.2) is 0 Å². The summed E-state index contributed by atoms with van der Waals surface area (Å²) in [5.74, 6) is 0.606. The van der Waals surface area contributed by atoms with Gasteiger partial charge < -0.3 is 10.6 Å². The van der Waals surface area contributed by atoms with Gasteiger partial charge >= 0.3 is 0 Å². The molecule has 2 N–H and O–H groups in total. The Kier molecular flexibility index (Phi) is 4.21. The number of halogens is 2. The molecule has 1 saturated heterocycles. The van der Waals surface area contributed by atoms with Crippen molar-refractivity contribution in [3.05, 3.63) is 16.5 Å². The van der Waals surface area contributed by atoms with E-state index < -0.39 is 0 Å². The first-order valence-electron chi connectivity index (χ1n) is 5.41. The number of hydrogen-bond acceptors (Lipinski definition) is 4. The summed E-state index contributed by atoms with van der Waals surface area (Å²) in [7, 11) is 0. The summed E-state index contributed by atoms with van der Waals surface area (Å²) < 4.78 is 0. The molecule has 0 aliphatic carbocycles. The van der Waals surface area contributed by atoms with Gasteiger partial charge in [-0.1, -0.05) is 18.0 Å². The van der Waals surface area contributed by atoms with Crippen LogP contribution in [-0.2, 0) is 0 Å². The van der Waals surface area contributed by atoms with Gasteiger partial charge in [0.05, 0.1) is 6.20 Å². The molecule has 0 bridgehead atoms. The molecule has 1 unspecified atom stereocenters. The molecule has 0 saturated carbocycles. The Morgan fingerprint density at radius 2 is 2.31 bits per heavy atom. The zero-order chi connectivity index (χ0) is 11.4. The van der Waals surface area contributed by atoms with Crippen LogP contribution in [0.25, 0.3) is 0 Å². The maximum Gasteiger partial charge on any atom is 0.224 e. The van der Waals surface area contributed by atoms with Crippen LogP contribution in [0.4, 0.5) is 5.82 Å². The van der Waals surface area contributed by atoms with Gasteiger partial charge in [0.2, 0.25) is 5.28 Å². The molecule has 0 amide bonds. The number of nitrogens with one attached hydrogen (secondary N) is 2. The Balaban J connectivity index is 1.90. The van der Waals surface area contributed by atoms with E-state index in [1.165, 1.54) is 25.5 Å². The summed E-state index contributed by atoms with van der Waals surface area (Å²) in [6.07, 6.45) is 5.23. The van der Waals surface area contributed by atoms with Crippen LogP contribution in [0.5, 0.6) is 0 Å². The van der Waals surface area contributed by atoms with Gasteiger partial charge in [-0.3, -0.25) is 0 Å². The molecular weight excluding hydrogens is 247 g/mol. The van der Waals surface area contributed by atoms with E-state index >= 15 is 0 Å². The Labute approximate surface area is 105 Å². The molecule has 1 aliphatic rings. The van der Waals surface area contributed by atoms with Crippen molar-refractivity contribution in [3.8, 4) is 0 Å². The first-order valence-corrected chi connectivity index (χ1v) is 6.16. The Bertz CT molecular complexity index is 353. The zero-order valence-electron chi connectivity index (χ0n) is 8.84. The molecule has 1 atom stereocenters. The fraction of sp³-hybridized carbons (Fsp3) is 0.600. The molecule has 1 aromatic rings. The van der Waals surface area contributed by atoms with Crippen molar-refractivity contribution in [2.75, 3.05) is 18.4 Å². The van der Waals surface area contributed by atoms with E-state index in [1.807, 2.05) is 0 Å². The zero-order valence-corrected chi connectivity index (χ0v) is 10.4. The third-order valence-electron chi connectivity index (χ3n) is 2.64. The standard InChI is InChI=1S/C10H14Cl2N4/c11-8-6-15-10(12)16-9(8)14-5-7-3-1-2-4-13-7/h6-7,13H,1-5H2,(H,14,15,16). The van der Waals surface area contributed by atoms with Crippen molar-refractivity contribution >= 4 is 29.0 Å². The summed E-state index contributed by atoms with van der Waals surface area (Å²) in [6, 6.07) is 0.485. The van der Waals surface area contributed by atoms with E-state index in [4.69, 9.17) is 23.2 Å². The molecular formula is C10H14Cl2N4. The summed E-state index contributed by atoms with van der Waals surface area (Å²) >= 11 is 11.6. The molecule has 0 spiro atoms. The highest BCUT2D eigenvalue weighted by Gasteiger charge is 2.13. The quantitative estimate of drug-likeness (QED) is 0.820. The van der Waals surface area contributed by atoms with E-state index in [0.717, 1.165) is 13.1 Å². The van der Waals surface area contributed by atoms with Crippen molar-refractivity contribution in [2.24, 2.45) is 0 Å². The van der Waals surface area contributed by atoms with Crippen molar-refractivity contribution in [1.29, 1.82) is 0 Å². The Morgan fingerprint density at radius 1 is 1.44 bits per heavy atom. The number of piperidine rings is 1. The van der Waals surface area contributed by atoms with Crippen LogP contribution < -0.4 is 10.6 Å². The molecule has 2 heterocycles. The summed E-state index contributed by atoms with van der Waals surface area (Å²) in [6.45, 7) is 1.90. The Morgan fingerprint density at radius 3 is 3.06 bits per heavy atom. The smallest absolute Gasteiger partial charge is 0.224 e. The van der Waals surface area contributed by atoms with E-state index in [9.17, 15) is 0 Å². The van der Waals surface area contributed by atoms with Gasteiger partial charge in [0.25, 0.3) is 0 Å². The van der Waals surface area contributed by atoms with Gasteiger partial charge in [0.1, 0.15) is 10.8 Å². The third-order valence-corrected chi connectivity index (χ3v) is 3.10. The van der Waals surface area contributed by atoms with Crippen LogP contribution in [0, 0.1) is 0 Å². The monoisotopic (exact) mass is 260 g/mol. The highest BCUT2D eigenvalue weighted by Crippen LogP contribution is 2.19. The highest BCUT2D eigenvalue weighted by molar-refractivity contribution is 6.33. The number of anilines is 1. The first kappa shape index (κ1) is 11.9. The normalized spacial score (nSPS) is 20.8. The van der Waals surface area contributed by atoms with Crippen LogP contribution in [0.3, 0.4) is 0 Å². The highest BCUT2D eigenvalue weighted by atomic mass is 35.5. The second-order valence-corrected chi connectivity index (χ2v) is 4.61. The number of aromatic nitrogens is 2. The minimum atomic E-state index is 0.212. The van der Waals surface area contributed by atoms with Crippen molar-refractivity contribution in [1.82, 2.24) is 15.3 Å². The van der Waals surface area contributed by atoms with Gasteiger partial charge in [-0.25, -0.2) is 4.98 Å². The summed E-state index contributed by atoms with van der Waals surface area (Å²) in [5, 5.41) is 7.35. The van der Waals surface area contributed by atoms with Crippen LogP contribution in [0.2, 0.25) is 10.3 Å². The number of rotatable bonds is 3. The Hall–Kier alpha value is -0.580. The van der Waals surface area contributed by atoms with E-state index in [0.29, 0.717) is 16.9 Å². The van der Waals surface area contributed by atoms with Gasteiger partial charge in [-0.05, 0) is 31.0 Å².